The number of allylic oxidation sites excluding steroid dienone is 1. The lowest BCUT2D eigenvalue weighted by molar-refractivity contribution is -0.112. The number of hydrogen-bond acceptors (Lipinski definition) is 11. The van der Waals surface area contributed by atoms with Crippen molar-refractivity contribution in [2.75, 3.05) is 54.5 Å². The molecule has 5 rings (SSSR count). The maximum Gasteiger partial charge on any atom is 0.272 e. The van der Waals surface area contributed by atoms with Crippen LogP contribution in [0.15, 0.2) is 52.7 Å². The van der Waals surface area contributed by atoms with Gasteiger partial charge in [0.15, 0.2) is 5.13 Å². The van der Waals surface area contributed by atoms with Crippen LogP contribution in [0.1, 0.15) is 19.4 Å². The van der Waals surface area contributed by atoms with Crippen molar-refractivity contribution in [3.05, 3.63) is 53.7 Å². The molecule has 202 valence electrons. The van der Waals surface area contributed by atoms with Crippen LogP contribution in [-0.4, -0.2) is 64.1 Å². The monoisotopic (exact) mass is 545 g/mol. The van der Waals surface area contributed by atoms with Gasteiger partial charge >= 0.3 is 0 Å². The van der Waals surface area contributed by atoms with Crippen molar-refractivity contribution in [3.63, 3.8) is 0 Å². The quantitative estimate of drug-likeness (QED) is 0.284. The van der Waals surface area contributed by atoms with Gasteiger partial charge in [0.05, 0.1) is 11.9 Å². The number of piperazine rings is 1. The molecule has 3 aromatic heterocycles. The number of aryl methyl sites for hydroxylation is 1. The van der Waals surface area contributed by atoms with E-state index in [1.165, 1.54) is 11.3 Å². The van der Waals surface area contributed by atoms with Crippen molar-refractivity contribution in [1.29, 1.82) is 0 Å². The van der Waals surface area contributed by atoms with E-state index < -0.39 is 0 Å². The van der Waals surface area contributed by atoms with Gasteiger partial charge in [0.2, 0.25) is 5.82 Å². The zero-order valence-corrected chi connectivity index (χ0v) is 23.2. The van der Waals surface area contributed by atoms with Gasteiger partial charge in [0, 0.05) is 43.0 Å². The summed E-state index contributed by atoms with van der Waals surface area (Å²) >= 11 is 1.32. The van der Waals surface area contributed by atoms with Crippen LogP contribution in [-0.2, 0) is 4.79 Å². The molecule has 4 N–H and O–H groups in total. The summed E-state index contributed by atoms with van der Waals surface area (Å²) < 4.78 is 5.56. The number of nitrogens with two attached hydrogens (primary N) is 1. The topological polar surface area (TPSA) is 138 Å². The predicted octanol–water partition coefficient (Wildman–Crippen LogP) is 4.55. The number of benzene rings is 1. The van der Waals surface area contributed by atoms with Crippen molar-refractivity contribution in [2.45, 2.75) is 20.8 Å². The van der Waals surface area contributed by atoms with Crippen LogP contribution >= 0.6 is 11.3 Å². The lowest BCUT2D eigenvalue weighted by Crippen LogP contribution is -2.44. The standard InChI is InChI=1S/C27H31N9O2S/c1-5-16(2)25(37)30-18-7-6-17(3)20(14-18)24-33-26(38-34-24)22-23(28)32-27(39-22)31-19-8-9-21(29-15-19)36-12-10-35(4)11-13-36/h5-9,14-15H,10-13,28H2,1-4H3,(H,30,37)(H,31,32)/b16-5-. The summed E-state index contributed by atoms with van der Waals surface area (Å²) in [6.07, 6.45) is 3.56. The predicted molar refractivity (Wildman–Crippen MR) is 155 cm³/mol. The number of hydrogen-bond donors (Lipinski definition) is 3. The Bertz CT molecular complexity index is 1500. The van der Waals surface area contributed by atoms with Gasteiger partial charge < -0.3 is 30.7 Å². The third-order valence-corrected chi connectivity index (χ3v) is 7.60. The van der Waals surface area contributed by atoms with Crippen LogP contribution in [0.2, 0.25) is 0 Å². The number of rotatable bonds is 7. The van der Waals surface area contributed by atoms with E-state index in [1.54, 1.807) is 19.2 Å². The zero-order valence-electron chi connectivity index (χ0n) is 22.4. The van der Waals surface area contributed by atoms with Gasteiger partial charge in [-0.2, -0.15) is 4.98 Å². The van der Waals surface area contributed by atoms with E-state index in [9.17, 15) is 4.79 Å². The molecular weight excluding hydrogens is 514 g/mol. The number of likely N-dealkylation sites (N-methyl/N-ethyl adjacent to an activating group) is 1. The lowest BCUT2D eigenvalue weighted by atomic mass is 10.1. The third-order valence-electron chi connectivity index (χ3n) is 6.63. The molecular formula is C27H31N9O2S. The summed E-state index contributed by atoms with van der Waals surface area (Å²) in [4.78, 5) is 31.1. The summed E-state index contributed by atoms with van der Waals surface area (Å²) in [5.74, 6) is 1.76. The Hall–Kier alpha value is -4.29. The number of pyridine rings is 1. The first-order valence-corrected chi connectivity index (χ1v) is 13.4. The van der Waals surface area contributed by atoms with E-state index in [0.29, 0.717) is 32.9 Å². The molecule has 0 aliphatic carbocycles. The highest BCUT2D eigenvalue weighted by atomic mass is 32.1. The number of nitrogen functional groups attached to an aromatic ring is 1. The molecule has 0 bridgehead atoms. The van der Waals surface area contributed by atoms with Gasteiger partial charge in [0.25, 0.3) is 11.8 Å². The first-order valence-electron chi connectivity index (χ1n) is 12.6. The number of nitrogens with one attached hydrogen (secondary N) is 2. The van der Waals surface area contributed by atoms with Crippen molar-refractivity contribution >= 4 is 45.4 Å². The molecule has 1 fully saturated rings. The molecule has 1 aliphatic rings. The van der Waals surface area contributed by atoms with Crippen LogP contribution in [0.25, 0.3) is 22.2 Å². The Kier molecular flexibility index (Phi) is 7.57. The second kappa shape index (κ2) is 11.2. The number of amides is 1. The van der Waals surface area contributed by atoms with E-state index >= 15 is 0 Å². The van der Waals surface area contributed by atoms with Crippen molar-refractivity contribution in [1.82, 2.24) is 25.0 Å². The van der Waals surface area contributed by atoms with Crippen molar-refractivity contribution < 1.29 is 9.32 Å². The van der Waals surface area contributed by atoms with E-state index in [-0.39, 0.29) is 11.8 Å². The fourth-order valence-corrected chi connectivity index (χ4v) is 4.90. The summed E-state index contributed by atoms with van der Waals surface area (Å²) in [6.45, 7) is 9.51. The number of carbonyl (C=O) groups excluding carboxylic acids is 1. The molecule has 1 aliphatic heterocycles. The molecule has 0 atom stereocenters. The highest BCUT2D eigenvalue weighted by molar-refractivity contribution is 7.19. The summed E-state index contributed by atoms with van der Waals surface area (Å²) in [7, 11) is 2.13. The maximum atomic E-state index is 12.3. The molecule has 4 heterocycles. The number of aromatic nitrogens is 4. The van der Waals surface area contributed by atoms with Crippen molar-refractivity contribution in [3.8, 4) is 22.2 Å². The van der Waals surface area contributed by atoms with Gasteiger partial charge in [-0.3, -0.25) is 4.79 Å². The van der Waals surface area contributed by atoms with Gasteiger partial charge in [0.1, 0.15) is 16.5 Å². The molecule has 1 aromatic carbocycles. The van der Waals surface area contributed by atoms with Crippen molar-refractivity contribution in [2.24, 2.45) is 0 Å². The van der Waals surface area contributed by atoms with Gasteiger partial charge in [-0.25, -0.2) is 9.97 Å². The normalized spacial score (nSPS) is 14.5. The molecule has 0 saturated carbocycles. The molecule has 0 spiro atoms. The van der Waals surface area contributed by atoms with Gasteiger partial charge in [-0.1, -0.05) is 28.6 Å². The van der Waals surface area contributed by atoms with Crippen LogP contribution in [0, 0.1) is 6.92 Å². The average molecular weight is 546 g/mol. The Morgan fingerprint density at radius 2 is 1.90 bits per heavy atom. The van der Waals surface area contributed by atoms with Gasteiger partial charge in [-0.05, 0) is 57.6 Å². The minimum Gasteiger partial charge on any atom is -0.382 e. The molecule has 12 heteroatoms. The fraction of sp³-hybridized carbons (Fsp3) is 0.296. The molecule has 1 amide bonds. The number of anilines is 5. The van der Waals surface area contributed by atoms with E-state index in [1.807, 2.05) is 44.2 Å². The van der Waals surface area contributed by atoms with Crippen LogP contribution in [0.4, 0.5) is 28.1 Å². The van der Waals surface area contributed by atoms with Gasteiger partial charge in [-0.15, -0.1) is 0 Å². The second-order valence-corrected chi connectivity index (χ2v) is 10.4. The SMILES string of the molecule is C/C=C(/C)C(=O)Nc1ccc(C)c(-c2noc(-c3sc(Nc4ccc(N5CCN(C)CC5)nc4)nc3N)n2)c1. The maximum absolute atomic E-state index is 12.3. The number of carbonyl (C=O) groups is 1. The van der Waals surface area contributed by atoms with E-state index in [0.717, 1.165) is 48.8 Å². The number of thiazole rings is 1. The Balaban J connectivity index is 1.30. The Morgan fingerprint density at radius 3 is 2.62 bits per heavy atom. The molecule has 4 aromatic rings. The first kappa shape index (κ1) is 26.3. The average Bonchev–Trinajstić information content (AvgIpc) is 3.56. The van der Waals surface area contributed by atoms with E-state index in [2.05, 4.69) is 47.6 Å². The van der Waals surface area contributed by atoms with Crippen LogP contribution in [0.5, 0.6) is 0 Å². The summed E-state index contributed by atoms with van der Waals surface area (Å²) in [5.41, 5.74) is 9.98. The van der Waals surface area contributed by atoms with E-state index in [4.69, 9.17) is 10.3 Å². The molecule has 1 saturated heterocycles. The minimum absolute atomic E-state index is 0.164. The molecule has 0 radical (unpaired) electrons. The Labute approximate surface area is 230 Å². The summed E-state index contributed by atoms with van der Waals surface area (Å²) in [5, 5.41) is 10.9. The number of nitrogens with zero attached hydrogens (tertiary/aromatic N) is 6. The lowest BCUT2D eigenvalue weighted by Gasteiger charge is -2.33. The highest BCUT2D eigenvalue weighted by Gasteiger charge is 2.20. The highest BCUT2D eigenvalue weighted by Crippen LogP contribution is 2.36. The molecule has 0 unspecified atom stereocenters. The third kappa shape index (κ3) is 5.91. The fourth-order valence-electron chi connectivity index (χ4n) is 4.07. The molecule has 39 heavy (non-hydrogen) atoms. The smallest absolute Gasteiger partial charge is 0.272 e. The summed E-state index contributed by atoms with van der Waals surface area (Å²) in [6, 6.07) is 9.56. The largest absolute Gasteiger partial charge is 0.382 e. The van der Waals surface area contributed by atoms with Crippen LogP contribution in [0.3, 0.4) is 0 Å². The zero-order chi connectivity index (χ0) is 27.5. The second-order valence-electron chi connectivity index (χ2n) is 9.43. The Morgan fingerprint density at radius 1 is 1.13 bits per heavy atom. The minimum atomic E-state index is -0.164. The van der Waals surface area contributed by atoms with Crippen LogP contribution < -0.4 is 21.3 Å². The molecule has 11 nitrogen and oxygen atoms in total. The first-order chi connectivity index (χ1) is 18.8.